The number of thiol groups is 1. The van der Waals surface area contributed by atoms with Gasteiger partial charge in [0.1, 0.15) is 0 Å². The van der Waals surface area contributed by atoms with Crippen molar-refractivity contribution in [3.8, 4) is 0 Å². The highest BCUT2D eigenvalue weighted by Crippen LogP contribution is 2.17. The Morgan fingerprint density at radius 1 is 1.23 bits per heavy atom. The molecule has 0 atom stereocenters. The molecule has 0 bridgehead atoms. The first-order valence-electron chi connectivity index (χ1n) is 3.31. The van der Waals surface area contributed by atoms with Crippen LogP contribution in [0.5, 0.6) is 0 Å². The molecule has 0 saturated heterocycles. The second kappa shape index (κ2) is 3.74. The third kappa shape index (κ3) is 1.98. The van der Waals surface area contributed by atoms with E-state index in [1.165, 1.54) is 5.41 Å². The van der Waals surface area contributed by atoms with Crippen molar-refractivity contribution in [1.82, 2.24) is 0 Å². The molecular weight excluding hydrogens is 199 g/mol. The predicted octanol–water partition coefficient (Wildman–Crippen LogP) is 2.29. The highest BCUT2D eigenvalue weighted by molar-refractivity contribution is 7.83. The van der Waals surface area contributed by atoms with Crippen LogP contribution < -0.4 is 5.73 Å². The van der Waals surface area contributed by atoms with Crippen LogP contribution in [0.25, 0.3) is 5.70 Å². The van der Waals surface area contributed by atoms with Crippen LogP contribution in [0.4, 0.5) is 13.2 Å². The van der Waals surface area contributed by atoms with Crippen molar-refractivity contribution in [3.63, 3.8) is 0 Å². The Morgan fingerprint density at radius 2 is 1.69 bits per heavy atom. The van der Waals surface area contributed by atoms with Crippen molar-refractivity contribution >= 4 is 18.3 Å². The fourth-order valence-electron chi connectivity index (χ4n) is 0.797. The number of hydrogen-bond donors (Lipinski definition) is 2. The van der Waals surface area contributed by atoms with E-state index in [0.717, 1.165) is 12.1 Å². The standard InChI is InChI=1S/C8H6F3NS/c9-5-1-4(7(12)3-13)2-6(10)8(5)11/h1-3,13H,12H2/b7-3-. The molecule has 0 aliphatic rings. The minimum atomic E-state index is -1.50. The topological polar surface area (TPSA) is 26.0 Å². The number of halogens is 3. The van der Waals surface area contributed by atoms with Gasteiger partial charge in [-0.25, -0.2) is 13.2 Å². The van der Waals surface area contributed by atoms with Crippen LogP contribution in [0, 0.1) is 17.5 Å². The number of benzene rings is 1. The molecule has 0 radical (unpaired) electrons. The summed E-state index contributed by atoms with van der Waals surface area (Å²) in [5, 5.41) is 1.17. The fourth-order valence-corrected chi connectivity index (χ4v) is 0.946. The Kier molecular flexibility index (Phi) is 2.87. The van der Waals surface area contributed by atoms with Gasteiger partial charge >= 0.3 is 0 Å². The van der Waals surface area contributed by atoms with E-state index in [9.17, 15) is 13.2 Å². The molecule has 0 fully saturated rings. The summed E-state index contributed by atoms with van der Waals surface area (Å²) < 4.78 is 37.7. The molecule has 0 heterocycles. The van der Waals surface area contributed by atoms with Crippen LogP contribution in [0.1, 0.15) is 5.56 Å². The molecule has 0 amide bonds. The van der Waals surface area contributed by atoms with Gasteiger partial charge in [-0.05, 0) is 17.5 Å². The molecule has 1 rings (SSSR count). The molecule has 2 N–H and O–H groups in total. The molecule has 0 aromatic heterocycles. The van der Waals surface area contributed by atoms with E-state index in [4.69, 9.17) is 5.73 Å². The molecule has 13 heavy (non-hydrogen) atoms. The van der Waals surface area contributed by atoms with Crippen LogP contribution in [0.15, 0.2) is 17.5 Å². The van der Waals surface area contributed by atoms with Gasteiger partial charge in [0.25, 0.3) is 0 Å². The molecule has 70 valence electrons. The molecular formula is C8H6F3NS. The molecule has 1 aromatic carbocycles. The van der Waals surface area contributed by atoms with Crippen molar-refractivity contribution < 1.29 is 13.2 Å². The summed E-state index contributed by atoms with van der Waals surface area (Å²) in [7, 11) is 0. The number of rotatable bonds is 1. The van der Waals surface area contributed by atoms with Gasteiger partial charge in [-0.1, -0.05) is 0 Å². The second-order valence-electron chi connectivity index (χ2n) is 2.34. The molecule has 0 spiro atoms. The average Bonchev–Trinajstić information content (AvgIpc) is 2.12. The summed E-state index contributed by atoms with van der Waals surface area (Å²) in [5.41, 5.74) is 5.44. The Morgan fingerprint density at radius 3 is 2.08 bits per heavy atom. The summed E-state index contributed by atoms with van der Waals surface area (Å²) in [6.45, 7) is 0. The summed E-state index contributed by atoms with van der Waals surface area (Å²) in [6, 6.07) is 1.61. The van der Waals surface area contributed by atoms with Crippen LogP contribution in [0.3, 0.4) is 0 Å². The fraction of sp³-hybridized carbons (Fsp3) is 0. The normalized spacial score (nSPS) is 11.8. The largest absolute Gasteiger partial charge is 0.398 e. The molecule has 1 nitrogen and oxygen atoms in total. The lowest BCUT2D eigenvalue weighted by atomic mass is 10.1. The third-order valence-electron chi connectivity index (χ3n) is 1.46. The highest BCUT2D eigenvalue weighted by atomic mass is 32.1. The van der Waals surface area contributed by atoms with Gasteiger partial charge in [0.15, 0.2) is 17.5 Å². The molecule has 5 heteroatoms. The van der Waals surface area contributed by atoms with E-state index >= 15 is 0 Å². The van der Waals surface area contributed by atoms with Gasteiger partial charge in [-0.2, -0.15) is 0 Å². The first-order valence-corrected chi connectivity index (χ1v) is 3.82. The van der Waals surface area contributed by atoms with E-state index < -0.39 is 17.5 Å². The van der Waals surface area contributed by atoms with E-state index in [1.807, 2.05) is 0 Å². The van der Waals surface area contributed by atoms with Crippen LogP contribution in [-0.4, -0.2) is 0 Å². The monoisotopic (exact) mass is 205 g/mol. The van der Waals surface area contributed by atoms with Gasteiger partial charge in [-0.3, -0.25) is 0 Å². The smallest absolute Gasteiger partial charge is 0.194 e. The average molecular weight is 205 g/mol. The zero-order chi connectivity index (χ0) is 10.0. The van der Waals surface area contributed by atoms with Crippen LogP contribution >= 0.6 is 12.6 Å². The second-order valence-corrected chi connectivity index (χ2v) is 2.60. The Bertz CT molecular complexity index is 339. The first kappa shape index (κ1) is 9.98. The maximum atomic E-state index is 12.6. The van der Waals surface area contributed by atoms with Gasteiger partial charge in [0.05, 0.1) is 0 Å². The summed E-state index contributed by atoms with van der Waals surface area (Å²) in [6.07, 6.45) is 0. The van der Waals surface area contributed by atoms with Gasteiger partial charge in [0, 0.05) is 11.3 Å². The predicted molar refractivity (Wildman–Crippen MR) is 47.5 cm³/mol. The lowest BCUT2D eigenvalue weighted by Crippen LogP contribution is -1.99. The van der Waals surface area contributed by atoms with E-state index in [1.54, 1.807) is 0 Å². The van der Waals surface area contributed by atoms with Crippen molar-refractivity contribution in [2.24, 2.45) is 5.73 Å². The quantitative estimate of drug-likeness (QED) is 0.534. The lowest BCUT2D eigenvalue weighted by molar-refractivity contribution is 0.446. The van der Waals surface area contributed by atoms with Crippen LogP contribution in [0.2, 0.25) is 0 Å². The maximum Gasteiger partial charge on any atom is 0.194 e. The Hall–Kier alpha value is -1.10. The van der Waals surface area contributed by atoms with Crippen LogP contribution in [-0.2, 0) is 0 Å². The SMILES string of the molecule is N/C(=C\S)c1cc(F)c(F)c(F)c1. The van der Waals surface area contributed by atoms with Crippen molar-refractivity contribution in [1.29, 1.82) is 0 Å². The summed E-state index contributed by atoms with van der Waals surface area (Å²) in [4.78, 5) is 0. The highest BCUT2D eigenvalue weighted by Gasteiger charge is 2.10. The molecule has 0 saturated carbocycles. The Balaban J connectivity index is 3.29. The van der Waals surface area contributed by atoms with E-state index in [2.05, 4.69) is 12.6 Å². The number of nitrogens with two attached hydrogens (primary N) is 1. The third-order valence-corrected chi connectivity index (χ3v) is 1.73. The lowest BCUT2D eigenvalue weighted by Gasteiger charge is -2.02. The van der Waals surface area contributed by atoms with Gasteiger partial charge < -0.3 is 5.73 Å². The molecule has 0 unspecified atom stereocenters. The maximum absolute atomic E-state index is 12.6. The number of hydrogen-bond acceptors (Lipinski definition) is 2. The molecule has 0 aliphatic carbocycles. The Labute approximate surface area is 78.5 Å². The van der Waals surface area contributed by atoms with Crippen molar-refractivity contribution in [3.05, 3.63) is 40.6 Å². The summed E-state index contributed by atoms with van der Waals surface area (Å²) >= 11 is 3.70. The van der Waals surface area contributed by atoms with Crippen molar-refractivity contribution in [2.75, 3.05) is 0 Å². The summed E-state index contributed by atoms with van der Waals surface area (Å²) in [5.74, 6) is -4.04. The first-order chi connectivity index (χ1) is 6.06. The van der Waals surface area contributed by atoms with Gasteiger partial charge in [0.2, 0.25) is 0 Å². The zero-order valence-electron chi connectivity index (χ0n) is 6.39. The minimum Gasteiger partial charge on any atom is -0.398 e. The minimum absolute atomic E-state index is 0.0615. The molecule has 0 aliphatic heterocycles. The molecule has 1 aromatic rings. The van der Waals surface area contributed by atoms with Crippen molar-refractivity contribution in [2.45, 2.75) is 0 Å². The van der Waals surface area contributed by atoms with E-state index in [-0.39, 0.29) is 11.3 Å². The van der Waals surface area contributed by atoms with Gasteiger partial charge in [-0.15, -0.1) is 12.6 Å². The van der Waals surface area contributed by atoms with E-state index in [0.29, 0.717) is 0 Å². The zero-order valence-corrected chi connectivity index (χ0v) is 7.28.